The average Bonchev–Trinajstić information content (AvgIpc) is 3.14. The summed E-state index contributed by atoms with van der Waals surface area (Å²) in [6.07, 6.45) is -12.7. The molecule has 5 aliphatic carbocycles. The maximum absolute atomic E-state index is 12.3. The molecule has 56 heavy (non-hydrogen) atoms. The minimum Gasteiger partial charge on any atom is -0.396 e. The van der Waals surface area contributed by atoms with Crippen molar-refractivity contribution in [2.45, 2.75) is 173 Å². The summed E-state index contributed by atoms with van der Waals surface area (Å²) in [7, 11) is 0. The molecule has 2 aliphatic heterocycles. The van der Waals surface area contributed by atoms with E-state index in [0.29, 0.717) is 25.7 Å². The van der Waals surface area contributed by atoms with E-state index < -0.39 is 125 Å². The lowest BCUT2D eigenvalue weighted by molar-refractivity contribution is -0.341. The van der Waals surface area contributed by atoms with Crippen molar-refractivity contribution in [3.63, 3.8) is 0 Å². The van der Waals surface area contributed by atoms with E-state index in [2.05, 4.69) is 33.8 Å². The third-order valence-corrected chi connectivity index (χ3v) is 17.3. The van der Waals surface area contributed by atoms with Crippen LogP contribution in [0.4, 0.5) is 0 Å². The van der Waals surface area contributed by atoms with Crippen LogP contribution in [0.5, 0.6) is 0 Å². The SMILES string of the molecule is CC1(C)CC2C3=CCC4C5(C)CCC(OC6OC(COC7OCC(O)C(O)C7O)C(O)C(O)C6O)C(C)(C)C5CCC4(C)C3(C)C(O)C(O)C2(CO)C(O)C1O. The van der Waals surface area contributed by atoms with E-state index in [0.717, 1.165) is 18.4 Å². The number of fused-ring (bicyclic) bond motifs is 7. The molecule has 0 spiro atoms. The van der Waals surface area contributed by atoms with Crippen molar-refractivity contribution in [1.82, 2.24) is 0 Å². The monoisotopic (exact) mass is 800 g/mol. The molecular weight excluding hydrogens is 732 g/mol. The molecule has 2 saturated heterocycles. The second-order valence-electron chi connectivity index (χ2n) is 20.5. The van der Waals surface area contributed by atoms with Crippen molar-refractivity contribution in [2.24, 2.45) is 50.2 Å². The van der Waals surface area contributed by atoms with Crippen molar-refractivity contribution in [2.75, 3.05) is 19.8 Å². The number of hydrogen-bond donors (Lipinski definition) is 11. The predicted octanol–water partition coefficient (Wildman–Crippen LogP) is -0.688. The Bertz CT molecular complexity index is 1490. The lowest BCUT2D eigenvalue weighted by Crippen LogP contribution is -2.76. The molecule has 7 aliphatic rings. The topological polar surface area (TPSA) is 259 Å². The Balaban J connectivity index is 1.12. The average molecular weight is 801 g/mol. The fourth-order valence-electron chi connectivity index (χ4n) is 13.6. The van der Waals surface area contributed by atoms with Crippen LogP contribution < -0.4 is 0 Å². The van der Waals surface area contributed by atoms with Crippen molar-refractivity contribution >= 4 is 0 Å². The smallest absolute Gasteiger partial charge is 0.186 e. The molecule has 15 heteroatoms. The molecule has 6 fully saturated rings. The number of allylic oxidation sites excluding steroid dienone is 1. The summed E-state index contributed by atoms with van der Waals surface area (Å²) in [4.78, 5) is 0. The third-order valence-electron chi connectivity index (χ3n) is 17.3. The largest absolute Gasteiger partial charge is 0.396 e. The molecule has 21 unspecified atom stereocenters. The highest BCUT2D eigenvalue weighted by molar-refractivity contribution is 5.38. The lowest BCUT2D eigenvalue weighted by Gasteiger charge is -2.73. The first kappa shape index (κ1) is 43.2. The van der Waals surface area contributed by atoms with Gasteiger partial charge in [0.1, 0.15) is 42.7 Å². The number of hydrogen-bond acceptors (Lipinski definition) is 15. The van der Waals surface area contributed by atoms with Crippen molar-refractivity contribution < 1.29 is 75.1 Å². The molecule has 0 aromatic heterocycles. The van der Waals surface area contributed by atoms with Gasteiger partial charge < -0.3 is 75.1 Å². The molecule has 11 N–H and O–H groups in total. The molecule has 4 saturated carbocycles. The van der Waals surface area contributed by atoms with E-state index in [1.165, 1.54) is 0 Å². The van der Waals surface area contributed by atoms with Crippen molar-refractivity contribution in [3.05, 3.63) is 11.6 Å². The second kappa shape index (κ2) is 14.4. The van der Waals surface area contributed by atoms with Crippen LogP contribution in [0.3, 0.4) is 0 Å². The molecule has 0 aromatic carbocycles. The summed E-state index contributed by atoms with van der Waals surface area (Å²) in [6.45, 7) is 13.4. The van der Waals surface area contributed by atoms with Gasteiger partial charge in [-0.15, -0.1) is 0 Å². The summed E-state index contributed by atoms with van der Waals surface area (Å²) < 4.78 is 23.5. The fraction of sp³-hybridized carbons (Fsp3) is 0.951. The van der Waals surface area contributed by atoms with Gasteiger partial charge in [-0.05, 0) is 77.9 Å². The second-order valence-corrected chi connectivity index (χ2v) is 20.5. The molecule has 15 nitrogen and oxygen atoms in total. The zero-order valence-corrected chi connectivity index (χ0v) is 33.8. The van der Waals surface area contributed by atoms with E-state index in [9.17, 15) is 56.2 Å². The zero-order valence-electron chi connectivity index (χ0n) is 33.8. The molecule has 0 aromatic rings. The van der Waals surface area contributed by atoms with Gasteiger partial charge in [-0.1, -0.05) is 60.1 Å². The summed E-state index contributed by atoms with van der Waals surface area (Å²) in [5.41, 5.74) is -3.38. The Morgan fingerprint density at radius 3 is 2.02 bits per heavy atom. The predicted molar refractivity (Wildman–Crippen MR) is 197 cm³/mol. The Kier molecular flexibility index (Phi) is 11.1. The van der Waals surface area contributed by atoms with Crippen LogP contribution in [-0.2, 0) is 18.9 Å². The minimum atomic E-state index is -1.63. The van der Waals surface area contributed by atoms with Crippen LogP contribution in [0.25, 0.3) is 0 Å². The van der Waals surface area contributed by atoms with Gasteiger partial charge >= 0.3 is 0 Å². The zero-order chi connectivity index (χ0) is 41.3. The summed E-state index contributed by atoms with van der Waals surface area (Å²) in [5, 5.41) is 121. The highest BCUT2D eigenvalue weighted by Crippen LogP contribution is 2.75. The Labute approximate surface area is 329 Å². The van der Waals surface area contributed by atoms with Gasteiger partial charge in [-0.3, -0.25) is 0 Å². The maximum atomic E-state index is 12.3. The molecular formula is C41H68O15. The van der Waals surface area contributed by atoms with E-state index >= 15 is 0 Å². The first-order chi connectivity index (χ1) is 26.0. The molecule has 0 radical (unpaired) electrons. The van der Waals surface area contributed by atoms with Gasteiger partial charge in [0.05, 0.1) is 55.8 Å². The van der Waals surface area contributed by atoms with Gasteiger partial charge in [-0.25, -0.2) is 0 Å². The lowest BCUT2D eigenvalue weighted by atomic mass is 9.32. The number of aliphatic hydroxyl groups is 11. The van der Waals surface area contributed by atoms with Crippen molar-refractivity contribution in [3.8, 4) is 0 Å². The van der Waals surface area contributed by atoms with Crippen LogP contribution in [0, 0.1) is 50.2 Å². The number of rotatable bonds is 6. The van der Waals surface area contributed by atoms with Crippen LogP contribution in [-0.4, -0.2) is 162 Å². The van der Waals surface area contributed by atoms with Gasteiger partial charge in [0.2, 0.25) is 0 Å². The van der Waals surface area contributed by atoms with Crippen LogP contribution in [0.15, 0.2) is 11.6 Å². The van der Waals surface area contributed by atoms with Gasteiger partial charge in [0, 0.05) is 5.41 Å². The molecule has 322 valence electrons. The molecule has 0 amide bonds. The first-order valence-electron chi connectivity index (χ1n) is 20.6. The summed E-state index contributed by atoms with van der Waals surface area (Å²) in [6, 6.07) is 0. The minimum absolute atomic E-state index is 0.0744. The van der Waals surface area contributed by atoms with Crippen molar-refractivity contribution in [1.29, 1.82) is 0 Å². The number of ether oxygens (including phenoxy) is 4. The Morgan fingerprint density at radius 1 is 0.714 bits per heavy atom. The van der Waals surface area contributed by atoms with Gasteiger partial charge in [0.15, 0.2) is 12.6 Å². The Hall–Kier alpha value is -0.860. The maximum Gasteiger partial charge on any atom is 0.186 e. The summed E-state index contributed by atoms with van der Waals surface area (Å²) in [5.74, 6) is -0.275. The normalized spacial score (nSPS) is 56.5. The molecule has 0 bridgehead atoms. The third kappa shape index (κ3) is 5.85. The highest BCUT2D eigenvalue weighted by Gasteiger charge is 2.75. The van der Waals surface area contributed by atoms with Crippen LogP contribution >= 0.6 is 0 Å². The van der Waals surface area contributed by atoms with Crippen LogP contribution in [0.1, 0.15) is 87.0 Å². The molecule has 7 rings (SSSR count). The fourth-order valence-corrected chi connectivity index (χ4v) is 13.6. The van der Waals surface area contributed by atoms with E-state index in [-0.39, 0.29) is 30.5 Å². The van der Waals surface area contributed by atoms with E-state index in [1.54, 1.807) is 0 Å². The van der Waals surface area contributed by atoms with Gasteiger partial charge in [0.25, 0.3) is 0 Å². The quantitative estimate of drug-likeness (QED) is 0.117. The van der Waals surface area contributed by atoms with E-state index in [4.69, 9.17) is 18.9 Å². The van der Waals surface area contributed by atoms with Crippen LogP contribution in [0.2, 0.25) is 0 Å². The Morgan fingerprint density at radius 2 is 1.36 bits per heavy atom. The standard InChI is InChI=1S/C41H68O15/c1-36(2)14-19-18-8-9-23-38(5)12-11-24(56-35-29(48)27(46)26(45)21(55-35)16-54-34-28(47)25(44)20(43)15-53-34)37(3,4)22(38)10-13-39(23,6)40(18,7)31(50)33(52)41(19,17-42)32(51)30(36)49/h8,19-35,42-52H,9-17H2,1-7H3. The van der Waals surface area contributed by atoms with Gasteiger partial charge in [-0.2, -0.15) is 0 Å². The first-order valence-corrected chi connectivity index (χ1v) is 20.6. The number of aliphatic hydroxyl groups excluding tert-OH is 11. The summed E-state index contributed by atoms with van der Waals surface area (Å²) >= 11 is 0. The molecule has 2 heterocycles. The highest BCUT2D eigenvalue weighted by atomic mass is 16.7. The van der Waals surface area contributed by atoms with E-state index in [1.807, 2.05) is 20.8 Å². The molecule has 21 atom stereocenters.